The van der Waals surface area contributed by atoms with E-state index in [2.05, 4.69) is 15.0 Å². The molecule has 40 heavy (non-hydrogen) atoms. The van der Waals surface area contributed by atoms with Gasteiger partial charge in [-0.15, -0.1) is 0 Å². The summed E-state index contributed by atoms with van der Waals surface area (Å²) in [6.45, 7) is 5.56. The van der Waals surface area contributed by atoms with Crippen molar-refractivity contribution in [1.29, 1.82) is 5.53 Å². The van der Waals surface area contributed by atoms with Crippen molar-refractivity contribution in [3.8, 4) is 11.6 Å². The van der Waals surface area contributed by atoms with Gasteiger partial charge in [-0.25, -0.2) is 18.7 Å². The van der Waals surface area contributed by atoms with Gasteiger partial charge in [-0.05, 0) is 37.4 Å². The Labute approximate surface area is 229 Å². The van der Waals surface area contributed by atoms with Gasteiger partial charge in [0.05, 0.1) is 32.3 Å². The fourth-order valence-electron chi connectivity index (χ4n) is 4.16. The van der Waals surface area contributed by atoms with E-state index in [0.29, 0.717) is 4.47 Å². The number of nitrogens with two attached hydrogens (primary N) is 1. The summed E-state index contributed by atoms with van der Waals surface area (Å²) in [5.74, 6) is -0.615. The summed E-state index contributed by atoms with van der Waals surface area (Å²) in [6.07, 6.45) is -1.40. The quantitative estimate of drug-likeness (QED) is 0.190. The number of carbonyl (C=O) groups is 1. The minimum absolute atomic E-state index is 0.0933. The van der Waals surface area contributed by atoms with Crippen LogP contribution in [0.15, 0.2) is 36.7 Å². The second kappa shape index (κ2) is 11.4. The number of hydrogen-bond acceptors (Lipinski definition) is 12. The Kier molecular flexibility index (Phi) is 8.38. The molecule has 0 saturated carbocycles. The lowest BCUT2D eigenvalue weighted by Gasteiger charge is -2.22. The number of anilines is 1. The number of halogens is 1. The first-order valence-electron chi connectivity index (χ1n) is 12.4. The first-order chi connectivity index (χ1) is 18.8. The van der Waals surface area contributed by atoms with Crippen molar-refractivity contribution in [3.05, 3.63) is 36.7 Å². The summed E-state index contributed by atoms with van der Waals surface area (Å²) >= 11 is 0. The number of nitrogens with zero attached hydrogens (tertiary/aromatic N) is 5. The monoisotopic (exact) mass is 580 g/mol. The highest BCUT2D eigenvalue weighted by atomic mass is 31.2. The molecule has 1 saturated heterocycles. The first-order valence-corrected chi connectivity index (χ1v) is 13.9. The number of hydrogen-bond donors (Lipinski definition) is 2. The second-order valence-corrected chi connectivity index (χ2v) is 11.5. The van der Waals surface area contributed by atoms with Gasteiger partial charge in [0.15, 0.2) is 23.1 Å². The number of para-hydroxylation sites is 1. The Balaban J connectivity index is 1.56. The number of esters is 1. The molecule has 5 unspecified atom stereocenters. The van der Waals surface area contributed by atoms with Crippen LogP contribution in [0.2, 0.25) is 0 Å². The first kappa shape index (κ1) is 29.3. The van der Waals surface area contributed by atoms with Crippen LogP contribution < -0.4 is 15.0 Å². The Morgan fingerprint density at radius 2 is 2.02 bits per heavy atom. The van der Waals surface area contributed by atoms with Crippen molar-refractivity contribution in [2.45, 2.75) is 64.3 Å². The maximum atomic E-state index is 15.8. The second-order valence-electron chi connectivity index (χ2n) is 9.68. The van der Waals surface area contributed by atoms with E-state index in [1.807, 2.05) is 0 Å². The summed E-state index contributed by atoms with van der Waals surface area (Å²) < 4.78 is 59.1. The minimum atomic E-state index is -4.49. The van der Waals surface area contributed by atoms with E-state index in [0.717, 1.165) is 0 Å². The number of nitrogens with one attached hydrogen (secondary N) is 1. The lowest BCUT2D eigenvalue weighted by atomic mass is 10.0. The lowest BCUT2D eigenvalue weighted by molar-refractivity contribution is -0.517. The van der Waals surface area contributed by atoms with Gasteiger partial charge in [0.25, 0.3) is 6.04 Å². The number of rotatable bonds is 11. The van der Waals surface area contributed by atoms with Gasteiger partial charge in [-0.2, -0.15) is 14.5 Å². The van der Waals surface area contributed by atoms with E-state index < -0.39 is 50.5 Å². The Morgan fingerprint density at radius 1 is 1.32 bits per heavy atom. The van der Waals surface area contributed by atoms with Crippen molar-refractivity contribution in [3.63, 3.8) is 0 Å². The van der Waals surface area contributed by atoms with Crippen molar-refractivity contribution < 1.29 is 41.5 Å². The van der Waals surface area contributed by atoms with E-state index in [-0.39, 0.29) is 35.2 Å². The van der Waals surface area contributed by atoms with Crippen LogP contribution in [0, 0.1) is 5.53 Å². The molecule has 0 aliphatic carbocycles. The molecule has 216 valence electrons. The zero-order chi connectivity index (χ0) is 29.2. The van der Waals surface area contributed by atoms with Crippen LogP contribution in [0.5, 0.6) is 11.6 Å². The van der Waals surface area contributed by atoms with Crippen LogP contribution >= 0.6 is 7.75 Å². The molecule has 1 fully saturated rings. The van der Waals surface area contributed by atoms with Crippen LogP contribution in [0.3, 0.4) is 0 Å². The summed E-state index contributed by atoms with van der Waals surface area (Å²) in [5.41, 5.74) is 12.8. The standard InChI is InChI=1S/C24H32FN7O7P/c1-14(2)37-21(33)15(3)32(27)40(34,39-16-9-7-6-8-10-16)36-12-17-11-24(4,25)22(38-17)31-13-28-18-19(31)29-23(26)30-20(18)35-5/h6-10,13-15,17,22,27H,11-12H2,1-5H3,(H2,26,29,30)/q+1. The molecular formula is C24H32FN7O7P+. The molecule has 2 aromatic heterocycles. The normalized spacial score (nSPS) is 23.1. The zero-order valence-electron chi connectivity index (χ0n) is 22.7. The third-order valence-electron chi connectivity index (χ3n) is 6.03. The number of ether oxygens (including phenoxy) is 3. The van der Waals surface area contributed by atoms with Crippen LogP contribution in [-0.2, 0) is 23.4 Å². The highest BCUT2D eigenvalue weighted by Gasteiger charge is 2.53. The molecule has 14 nitrogen and oxygen atoms in total. The van der Waals surface area contributed by atoms with Crippen LogP contribution in [-0.4, -0.2) is 67.6 Å². The van der Waals surface area contributed by atoms with Crippen LogP contribution in [0.25, 0.3) is 11.2 Å². The smallest absolute Gasteiger partial charge is 0.479 e. The molecule has 3 heterocycles. The highest BCUT2D eigenvalue weighted by molar-refractivity contribution is 7.47. The van der Waals surface area contributed by atoms with Crippen molar-refractivity contribution in [2.75, 3.05) is 19.5 Å². The average Bonchev–Trinajstić information content (AvgIpc) is 3.45. The Morgan fingerprint density at radius 3 is 2.67 bits per heavy atom. The number of benzene rings is 1. The maximum Gasteiger partial charge on any atom is 0.690 e. The molecule has 0 amide bonds. The largest absolute Gasteiger partial charge is 0.690 e. The number of nitrogen functional groups attached to an aromatic ring is 1. The molecular weight excluding hydrogens is 548 g/mol. The van der Waals surface area contributed by atoms with Gasteiger partial charge in [0.2, 0.25) is 11.8 Å². The number of imidazole rings is 1. The molecule has 1 aliphatic rings. The highest BCUT2D eigenvalue weighted by Crippen LogP contribution is 2.51. The van der Waals surface area contributed by atoms with Gasteiger partial charge in [0.1, 0.15) is 5.75 Å². The number of alkyl halides is 1. The van der Waals surface area contributed by atoms with E-state index in [1.54, 1.807) is 32.0 Å². The van der Waals surface area contributed by atoms with Gasteiger partial charge in [-0.3, -0.25) is 4.57 Å². The molecule has 5 atom stereocenters. The van der Waals surface area contributed by atoms with Crippen LogP contribution in [0.4, 0.5) is 10.3 Å². The number of carbonyl (C=O) groups excluding carboxylic acids is 1. The molecule has 0 radical (unpaired) electrons. The topological polar surface area (TPSA) is 177 Å². The molecule has 0 spiro atoms. The number of fused-ring (bicyclic) bond motifs is 1. The predicted octanol–water partition coefficient (Wildman–Crippen LogP) is 4.02. The SMILES string of the molecule is COc1nc(N)nc2c1ncn2C1OC(COP(=O)(Oc2ccccc2)[N+](=N)C(C)C(=O)OC(C)C)CC1(C)F. The maximum absolute atomic E-state index is 15.8. The third-order valence-corrected chi connectivity index (χ3v) is 7.82. The van der Waals surface area contributed by atoms with Crippen molar-refractivity contribution >= 4 is 30.8 Å². The van der Waals surface area contributed by atoms with Gasteiger partial charge < -0.3 is 24.5 Å². The molecule has 16 heteroatoms. The summed E-state index contributed by atoms with van der Waals surface area (Å²) in [5, 5.41) is 0. The predicted molar refractivity (Wildman–Crippen MR) is 139 cm³/mol. The van der Waals surface area contributed by atoms with E-state index in [4.69, 9.17) is 34.5 Å². The molecule has 1 aliphatic heterocycles. The number of aromatic nitrogens is 4. The zero-order valence-corrected chi connectivity index (χ0v) is 23.6. The van der Waals surface area contributed by atoms with Crippen molar-refractivity contribution in [1.82, 2.24) is 19.5 Å². The van der Waals surface area contributed by atoms with E-state index in [9.17, 15) is 9.36 Å². The Bertz CT molecular complexity index is 1440. The van der Waals surface area contributed by atoms with Gasteiger partial charge >= 0.3 is 13.7 Å². The average molecular weight is 581 g/mol. The molecule has 4 rings (SSSR count). The summed E-state index contributed by atoms with van der Waals surface area (Å²) in [4.78, 5) is 24.8. The van der Waals surface area contributed by atoms with Gasteiger partial charge in [-0.1, -0.05) is 23.7 Å². The molecule has 0 bridgehead atoms. The lowest BCUT2D eigenvalue weighted by Crippen LogP contribution is -2.33. The van der Waals surface area contributed by atoms with E-state index in [1.165, 1.54) is 44.0 Å². The molecule has 3 aromatic rings. The van der Waals surface area contributed by atoms with E-state index >= 15 is 4.39 Å². The molecule has 1 aromatic carbocycles. The van der Waals surface area contributed by atoms with Crippen LogP contribution in [0.1, 0.15) is 40.3 Å². The fourth-order valence-corrected chi connectivity index (χ4v) is 5.69. The summed E-state index contributed by atoms with van der Waals surface area (Å²) in [7, 11) is -3.10. The van der Waals surface area contributed by atoms with Gasteiger partial charge in [0, 0.05) is 13.3 Å². The third kappa shape index (κ3) is 6.06. The molecule has 3 N–H and O–H groups in total. The minimum Gasteiger partial charge on any atom is -0.479 e. The Hall–Kier alpha value is -3.68. The number of methoxy groups -OCH3 is 1. The fraction of sp³-hybridized carbons (Fsp3) is 0.500. The van der Waals surface area contributed by atoms with Crippen molar-refractivity contribution in [2.24, 2.45) is 0 Å². The summed E-state index contributed by atoms with van der Waals surface area (Å²) in [6, 6.07) is 6.75.